The highest BCUT2D eigenvalue weighted by atomic mass is 16.5. The number of allylic oxidation sites excluding steroid dienone is 2. The Morgan fingerprint density at radius 3 is 2.71 bits per heavy atom. The molecule has 1 atom stereocenters. The number of ketones is 1. The maximum atomic E-state index is 11.5. The first kappa shape index (κ1) is 11.0. The molecule has 0 radical (unpaired) electrons. The van der Waals surface area contributed by atoms with Crippen molar-refractivity contribution >= 4 is 12.1 Å². The first-order valence-electron chi connectivity index (χ1n) is 4.83. The third-order valence-corrected chi connectivity index (χ3v) is 2.55. The van der Waals surface area contributed by atoms with Gasteiger partial charge >= 0.3 is 0 Å². The van der Waals surface area contributed by atoms with Gasteiger partial charge in [-0.1, -0.05) is 13.8 Å². The van der Waals surface area contributed by atoms with Crippen LogP contribution in [0.5, 0.6) is 0 Å². The molecule has 0 spiro atoms. The van der Waals surface area contributed by atoms with Crippen molar-refractivity contribution in [2.45, 2.75) is 27.2 Å². The molecule has 1 rings (SSSR count). The normalized spacial score (nSPS) is 25.5. The molecule has 0 amide bonds. The molecular formula is C11H16O3. The summed E-state index contributed by atoms with van der Waals surface area (Å²) in [7, 11) is 0. The molecule has 1 aliphatic rings. The van der Waals surface area contributed by atoms with Gasteiger partial charge in [0, 0.05) is 12.5 Å². The molecule has 0 fully saturated rings. The van der Waals surface area contributed by atoms with E-state index in [-0.39, 0.29) is 11.2 Å². The van der Waals surface area contributed by atoms with Crippen LogP contribution in [0.25, 0.3) is 0 Å². The van der Waals surface area contributed by atoms with Crippen LogP contribution in [0, 0.1) is 11.3 Å². The minimum atomic E-state index is -0.522. The van der Waals surface area contributed by atoms with Crippen LogP contribution in [0.2, 0.25) is 0 Å². The fourth-order valence-electron chi connectivity index (χ4n) is 1.77. The first-order chi connectivity index (χ1) is 6.51. The Bertz CT molecular complexity index is 276. The van der Waals surface area contributed by atoms with Gasteiger partial charge in [-0.3, -0.25) is 4.79 Å². The summed E-state index contributed by atoms with van der Waals surface area (Å²) in [5, 5.41) is 0. The summed E-state index contributed by atoms with van der Waals surface area (Å²) in [4.78, 5) is 22.3. The van der Waals surface area contributed by atoms with Crippen LogP contribution in [0.1, 0.15) is 27.2 Å². The maximum absolute atomic E-state index is 11.5. The molecule has 3 heteroatoms. The van der Waals surface area contributed by atoms with Crippen molar-refractivity contribution in [3.63, 3.8) is 0 Å². The van der Waals surface area contributed by atoms with Crippen LogP contribution in [-0.2, 0) is 14.3 Å². The summed E-state index contributed by atoms with van der Waals surface area (Å²) >= 11 is 0. The molecule has 78 valence electrons. The van der Waals surface area contributed by atoms with Gasteiger partial charge in [-0.2, -0.15) is 0 Å². The van der Waals surface area contributed by atoms with Gasteiger partial charge in [-0.25, -0.2) is 0 Å². The highest BCUT2D eigenvalue weighted by Gasteiger charge is 2.38. The number of hydrogen-bond donors (Lipinski definition) is 0. The van der Waals surface area contributed by atoms with Crippen molar-refractivity contribution in [1.82, 2.24) is 0 Å². The topological polar surface area (TPSA) is 43.4 Å². The van der Waals surface area contributed by atoms with Crippen molar-refractivity contribution in [2.24, 2.45) is 11.3 Å². The van der Waals surface area contributed by atoms with E-state index in [1.54, 1.807) is 0 Å². The van der Waals surface area contributed by atoms with Crippen LogP contribution in [0.4, 0.5) is 0 Å². The lowest BCUT2D eigenvalue weighted by Gasteiger charge is -2.33. The molecule has 0 aliphatic heterocycles. The molecular weight excluding hydrogens is 180 g/mol. The molecule has 0 bridgehead atoms. The minimum Gasteiger partial charge on any atom is -0.498 e. The van der Waals surface area contributed by atoms with E-state index in [2.05, 4.69) is 0 Å². The van der Waals surface area contributed by atoms with Gasteiger partial charge in [0.05, 0.1) is 12.5 Å². The highest BCUT2D eigenvalue weighted by molar-refractivity contribution is 6.02. The zero-order valence-electron chi connectivity index (χ0n) is 8.87. The van der Waals surface area contributed by atoms with Crippen LogP contribution in [0.15, 0.2) is 11.8 Å². The van der Waals surface area contributed by atoms with Crippen molar-refractivity contribution in [3.8, 4) is 0 Å². The lowest BCUT2D eigenvalue weighted by Crippen LogP contribution is -2.35. The summed E-state index contributed by atoms with van der Waals surface area (Å²) in [6, 6.07) is 0. The van der Waals surface area contributed by atoms with E-state index in [9.17, 15) is 9.59 Å². The SMILES string of the molecule is CCOC1=CC(=O)[C@@H](C=O)C(C)(C)C1. The van der Waals surface area contributed by atoms with E-state index < -0.39 is 5.92 Å². The van der Waals surface area contributed by atoms with E-state index in [1.165, 1.54) is 6.08 Å². The number of hydrogen-bond acceptors (Lipinski definition) is 3. The van der Waals surface area contributed by atoms with Crippen molar-refractivity contribution in [1.29, 1.82) is 0 Å². The molecule has 1 aliphatic carbocycles. The Hall–Kier alpha value is -1.12. The maximum Gasteiger partial charge on any atom is 0.169 e. The van der Waals surface area contributed by atoms with Gasteiger partial charge in [0.25, 0.3) is 0 Å². The Morgan fingerprint density at radius 1 is 1.64 bits per heavy atom. The summed E-state index contributed by atoms with van der Waals surface area (Å²) in [6.07, 6.45) is 2.84. The molecule has 0 heterocycles. The quantitative estimate of drug-likeness (QED) is 0.510. The van der Waals surface area contributed by atoms with Crippen LogP contribution < -0.4 is 0 Å². The predicted octanol–water partition coefficient (Wildman–Crippen LogP) is 1.72. The second kappa shape index (κ2) is 3.95. The molecule has 0 N–H and O–H groups in total. The van der Waals surface area contributed by atoms with E-state index in [0.29, 0.717) is 18.8 Å². The fourth-order valence-corrected chi connectivity index (χ4v) is 1.77. The van der Waals surface area contributed by atoms with Gasteiger partial charge in [0.15, 0.2) is 5.78 Å². The number of carbonyl (C=O) groups is 2. The second-order valence-electron chi connectivity index (χ2n) is 4.23. The van der Waals surface area contributed by atoms with Gasteiger partial charge < -0.3 is 9.53 Å². The molecule has 0 saturated carbocycles. The third-order valence-electron chi connectivity index (χ3n) is 2.55. The van der Waals surface area contributed by atoms with E-state index in [1.807, 2.05) is 20.8 Å². The number of ether oxygens (including phenoxy) is 1. The Morgan fingerprint density at radius 2 is 2.29 bits per heavy atom. The first-order valence-corrected chi connectivity index (χ1v) is 4.83. The lowest BCUT2D eigenvalue weighted by atomic mass is 9.71. The molecule has 0 aromatic rings. The van der Waals surface area contributed by atoms with Crippen molar-refractivity contribution in [2.75, 3.05) is 6.61 Å². The predicted molar refractivity (Wildman–Crippen MR) is 52.7 cm³/mol. The van der Waals surface area contributed by atoms with Crippen molar-refractivity contribution < 1.29 is 14.3 Å². The van der Waals surface area contributed by atoms with Gasteiger partial charge in [0.1, 0.15) is 12.0 Å². The molecule has 0 unspecified atom stereocenters. The lowest BCUT2D eigenvalue weighted by molar-refractivity contribution is -0.129. The number of aldehydes is 1. The summed E-state index contributed by atoms with van der Waals surface area (Å²) in [5.74, 6) is 0.0343. The fraction of sp³-hybridized carbons (Fsp3) is 0.636. The molecule has 3 nitrogen and oxygen atoms in total. The zero-order valence-corrected chi connectivity index (χ0v) is 8.87. The zero-order chi connectivity index (χ0) is 10.8. The Labute approximate surface area is 84.1 Å². The summed E-state index contributed by atoms with van der Waals surface area (Å²) in [5.41, 5.74) is -0.321. The molecule has 0 aromatic heterocycles. The average molecular weight is 196 g/mol. The van der Waals surface area contributed by atoms with Gasteiger partial charge in [0.2, 0.25) is 0 Å². The standard InChI is InChI=1S/C11H16O3/c1-4-14-8-5-10(13)9(7-12)11(2,3)6-8/h5,7,9H,4,6H2,1-3H3/t9-/m1/s1. The highest BCUT2D eigenvalue weighted by Crippen LogP contribution is 2.37. The van der Waals surface area contributed by atoms with E-state index >= 15 is 0 Å². The Balaban J connectivity index is 2.91. The average Bonchev–Trinajstić information content (AvgIpc) is 2.02. The third kappa shape index (κ3) is 2.03. The molecule has 0 aromatic carbocycles. The summed E-state index contributed by atoms with van der Waals surface area (Å²) in [6.45, 7) is 6.26. The largest absolute Gasteiger partial charge is 0.498 e. The van der Waals surface area contributed by atoms with Crippen LogP contribution in [0.3, 0.4) is 0 Å². The molecule has 0 saturated heterocycles. The molecule has 14 heavy (non-hydrogen) atoms. The van der Waals surface area contributed by atoms with Crippen LogP contribution in [-0.4, -0.2) is 18.7 Å². The number of carbonyl (C=O) groups excluding carboxylic acids is 2. The van der Waals surface area contributed by atoms with Crippen LogP contribution >= 0.6 is 0 Å². The monoisotopic (exact) mass is 196 g/mol. The van der Waals surface area contributed by atoms with Crippen molar-refractivity contribution in [3.05, 3.63) is 11.8 Å². The van der Waals surface area contributed by atoms with E-state index in [4.69, 9.17) is 4.74 Å². The van der Waals surface area contributed by atoms with E-state index in [0.717, 1.165) is 6.29 Å². The van der Waals surface area contributed by atoms with Gasteiger partial charge in [-0.15, -0.1) is 0 Å². The minimum absolute atomic E-state index is 0.139. The summed E-state index contributed by atoms with van der Waals surface area (Å²) < 4.78 is 5.31. The Kier molecular flexibility index (Phi) is 3.09. The van der Waals surface area contributed by atoms with Gasteiger partial charge in [-0.05, 0) is 12.3 Å². The second-order valence-corrected chi connectivity index (χ2v) is 4.23. The smallest absolute Gasteiger partial charge is 0.169 e. The number of rotatable bonds is 3.